The Labute approximate surface area is 187 Å². The Morgan fingerprint density at radius 1 is 1.00 bits per heavy atom. The summed E-state index contributed by atoms with van der Waals surface area (Å²) in [6, 6.07) is 9.95. The van der Waals surface area contributed by atoms with Crippen LogP contribution in [0.1, 0.15) is 36.1 Å². The first kappa shape index (κ1) is 20.3. The maximum Gasteiger partial charge on any atom is 0.229 e. The van der Waals surface area contributed by atoms with Crippen molar-refractivity contribution in [3.8, 4) is 17.4 Å². The van der Waals surface area contributed by atoms with E-state index in [1.807, 2.05) is 24.3 Å². The lowest BCUT2D eigenvalue weighted by atomic mass is 10.1. The van der Waals surface area contributed by atoms with Gasteiger partial charge in [0.15, 0.2) is 11.5 Å². The predicted octanol–water partition coefficient (Wildman–Crippen LogP) is 4.89. The first-order valence-corrected chi connectivity index (χ1v) is 11.9. The zero-order chi connectivity index (χ0) is 21.0. The second-order valence-electron chi connectivity index (χ2n) is 8.15. The topological polar surface area (TPSA) is 50.7 Å². The summed E-state index contributed by atoms with van der Waals surface area (Å²) in [6.07, 6.45) is 4.57. The van der Waals surface area contributed by atoms with Crippen LogP contribution in [0.2, 0.25) is 0 Å². The molecule has 1 saturated heterocycles. The van der Waals surface area contributed by atoms with Crippen molar-refractivity contribution in [3.05, 3.63) is 57.9 Å². The summed E-state index contributed by atoms with van der Waals surface area (Å²) in [5.74, 6) is 2.85. The Balaban J connectivity index is 1.48. The predicted molar refractivity (Wildman–Crippen MR) is 123 cm³/mol. The van der Waals surface area contributed by atoms with Crippen LogP contribution in [0.5, 0.6) is 17.4 Å². The molecule has 0 N–H and O–H groups in total. The van der Waals surface area contributed by atoms with Gasteiger partial charge < -0.3 is 14.4 Å². The Morgan fingerprint density at radius 3 is 2.61 bits per heavy atom. The first-order chi connectivity index (χ1) is 15.3. The van der Waals surface area contributed by atoms with Gasteiger partial charge in [-0.25, -0.2) is 4.98 Å². The molecule has 3 aromatic rings. The van der Waals surface area contributed by atoms with E-state index in [9.17, 15) is 0 Å². The lowest BCUT2D eigenvalue weighted by Gasteiger charge is -2.31. The van der Waals surface area contributed by atoms with E-state index in [4.69, 9.17) is 19.4 Å². The van der Waals surface area contributed by atoms with Gasteiger partial charge in [-0.1, -0.05) is 12.1 Å². The maximum atomic E-state index is 6.39. The smallest absolute Gasteiger partial charge is 0.229 e. The Bertz CT molecular complexity index is 1020. The highest BCUT2D eigenvalue weighted by molar-refractivity contribution is 7.07. The SMILES string of the molecule is COc1ccccc1Oc1nc(N2CCCCC2)nc2c1CN(Cc1ccsc1)CC2. The molecule has 0 atom stereocenters. The second-order valence-corrected chi connectivity index (χ2v) is 8.93. The third-order valence-electron chi connectivity index (χ3n) is 5.99. The van der Waals surface area contributed by atoms with Gasteiger partial charge in [0.1, 0.15) is 0 Å². The highest BCUT2D eigenvalue weighted by Gasteiger charge is 2.26. The molecular formula is C24H28N4O2S. The normalized spacial score (nSPS) is 16.7. The first-order valence-electron chi connectivity index (χ1n) is 11.0. The van der Waals surface area contributed by atoms with Crippen LogP contribution in [-0.2, 0) is 19.5 Å². The van der Waals surface area contributed by atoms with Crippen molar-refractivity contribution in [3.63, 3.8) is 0 Å². The molecule has 0 amide bonds. The van der Waals surface area contributed by atoms with E-state index in [2.05, 4.69) is 26.6 Å². The molecule has 0 unspecified atom stereocenters. The Hall–Kier alpha value is -2.64. The highest BCUT2D eigenvalue weighted by Crippen LogP contribution is 2.36. The number of ether oxygens (including phenoxy) is 2. The monoisotopic (exact) mass is 436 g/mol. The maximum absolute atomic E-state index is 6.39. The number of nitrogens with zero attached hydrogens (tertiary/aromatic N) is 4. The van der Waals surface area contributed by atoms with Crippen LogP contribution < -0.4 is 14.4 Å². The average Bonchev–Trinajstić information content (AvgIpc) is 3.33. The minimum absolute atomic E-state index is 0.657. The van der Waals surface area contributed by atoms with Gasteiger partial charge in [-0.3, -0.25) is 4.90 Å². The van der Waals surface area contributed by atoms with Crippen LogP contribution in [0.3, 0.4) is 0 Å². The highest BCUT2D eigenvalue weighted by atomic mass is 32.1. The molecule has 6 nitrogen and oxygen atoms in total. The molecule has 0 radical (unpaired) electrons. The van der Waals surface area contributed by atoms with Gasteiger partial charge in [-0.15, -0.1) is 0 Å². The molecule has 31 heavy (non-hydrogen) atoms. The van der Waals surface area contributed by atoms with Crippen LogP contribution in [0.25, 0.3) is 0 Å². The molecule has 0 aliphatic carbocycles. The van der Waals surface area contributed by atoms with E-state index in [0.717, 1.165) is 56.4 Å². The third-order valence-corrected chi connectivity index (χ3v) is 6.72. The van der Waals surface area contributed by atoms with Crippen molar-refractivity contribution in [2.45, 2.75) is 38.8 Å². The minimum atomic E-state index is 0.657. The van der Waals surface area contributed by atoms with Gasteiger partial charge in [0, 0.05) is 39.1 Å². The van der Waals surface area contributed by atoms with Crippen molar-refractivity contribution < 1.29 is 9.47 Å². The molecule has 5 rings (SSSR count). The summed E-state index contributed by atoms with van der Waals surface area (Å²) in [7, 11) is 1.67. The Kier molecular flexibility index (Phi) is 6.04. The third kappa shape index (κ3) is 4.52. The fraction of sp³-hybridized carbons (Fsp3) is 0.417. The number of benzene rings is 1. The summed E-state index contributed by atoms with van der Waals surface area (Å²) < 4.78 is 11.9. The molecule has 162 valence electrons. The van der Waals surface area contributed by atoms with E-state index in [-0.39, 0.29) is 0 Å². The fourth-order valence-electron chi connectivity index (χ4n) is 4.33. The summed E-state index contributed by atoms with van der Waals surface area (Å²) >= 11 is 1.75. The van der Waals surface area contributed by atoms with E-state index >= 15 is 0 Å². The van der Waals surface area contributed by atoms with Gasteiger partial charge in [-0.05, 0) is 53.8 Å². The number of rotatable bonds is 6. The average molecular weight is 437 g/mol. The number of para-hydroxylation sites is 2. The number of hydrogen-bond donors (Lipinski definition) is 0. The lowest BCUT2D eigenvalue weighted by Crippen LogP contribution is -2.34. The molecule has 7 heteroatoms. The van der Waals surface area contributed by atoms with E-state index < -0.39 is 0 Å². The molecular weight excluding hydrogens is 408 g/mol. The molecule has 1 fully saturated rings. The number of aromatic nitrogens is 2. The number of fused-ring (bicyclic) bond motifs is 1. The minimum Gasteiger partial charge on any atom is -0.493 e. The lowest BCUT2D eigenvalue weighted by molar-refractivity contribution is 0.238. The van der Waals surface area contributed by atoms with Gasteiger partial charge in [0.25, 0.3) is 0 Å². The van der Waals surface area contributed by atoms with Crippen molar-refractivity contribution >= 4 is 17.3 Å². The standard InChI is InChI=1S/C24H28N4O2S/c1-29-21-7-3-4-8-22(21)30-23-19-16-27(15-18-10-14-31-17-18)13-9-20(19)25-24(26-23)28-11-5-2-6-12-28/h3-4,7-8,10,14,17H,2,5-6,9,11-13,15-16H2,1H3. The summed E-state index contributed by atoms with van der Waals surface area (Å²) in [5, 5.41) is 4.36. The molecule has 0 bridgehead atoms. The number of thiophene rings is 1. The van der Waals surface area contributed by atoms with Gasteiger partial charge in [-0.2, -0.15) is 16.3 Å². The van der Waals surface area contributed by atoms with Crippen LogP contribution >= 0.6 is 11.3 Å². The van der Waals surface area contributed by atoms with E-state index in [1.165, 1.54) is 24.8 Å². The zero-order valence-corrected chi connectivity index (χ0v) is 18.7. The number of hydrogen-bond acceptors (Lipinski definition) is 7. The van der Waals surface area contributed by atoms with E-state index in [1.54, 1.807) is 18.4 Å². The molecule has 2 aliphatic heterocycles. The summed E-state index contributed by atoms with van der Waals surface area (Å²) in [4.78, 5) is 14.7. The zero-order valence-electron chi connectivity index (χ0n) is 17.9. The van der Waals surface area contributed by atoms with Crippen molar-refractivity contribution in [2.75, 3.05) is 31.6 Å². The molecule has 0 saturated carbocycles. The second kappa shape index (κ2) is 9.24. The largest absolute Gasteiger partial charge is 0.493 e. The van der Waals surface area contributed by atoms with Crippen molar-refractivity contribution in [2.24, 2.45) is 0 Å². The molecule has 2 aromatic heterocycles. The molecule has 0 spiro atoms. The van der Waals surface area contributed by atoms with Crippen LogP contribution in [0.15, 0.2) is 41.1 Å². The van der Waals surface area contributed by atoms with Crippen LogP contribution in [-0.4, -0.2) is 41.6 Å². The van der Waals surface area contributed by atoms with Crippen LogP contribution in [0, 0.1) is 0 Å². The Morgan fingerprint density at radius 2 is 1.84 bits per heavy atom. The van der Waals surface area contributed by atoms with Gasteiger partial charge >= 0.3 is 0 Å². The number of piperidine rings is 1. The molecule has 2 aliphatic rings. The van der Waals surface area contributed by atoms with Gasteiger partial charge in [0.2, 0.25) is 11.8 Å². The number of anilines is 1. The summed E-state index contributed by atoms with van der Waals surface area (Å²) in [5.41, 5.74) is 3.56. The van der Waals surface area contributed by atoms with E-state index in [0.29, 0.717) is 17.4 Å². The fourth-order valence-corrected chi connectivity index (χ4v) is 4.99. The van der Waals surface area contributed by atoms with Crippen molar-refractivity contribution in [1.29, 1.82) is 0 Å². The van der Waals surface area contributed by atoms with Crippen LogP contribution in [0.4, 0.5) is 5.95 Å². The summed E-state index contributed by atoms with van der Waals surface area (Å²) in [6.45, 7) is 4.74. The molecule has 4 heterocycles. The number of methoxy groups -OCH3 is 1. The molecule has 1 aromatic carbocycles. The van der Waals surface area contributed by atoms with Gasteiger partial charge in [0.05, 0.1) is 18.4 Å². The van der Waals surface area contributed by atoms with Crippen molar-refractivity contribution in [1.82, 2.24) is 14.9 Å². The quantitative estimate of drug-likeness (QED) is 0.549.